The Morgan fingerprint density at radius 1 is 0.889 bits per heavy atom. The summed E-state index contributed by atoms with van der Waals surface area (Å²) in [6.45, 7) is 2.18. The summed E-state index contributed by atoms with van der Waals surface area (Å²) in [6, 6.07) is 0. The highest BCUT2D eigenvalue weighted by Crippen LogP contribution is 2.40. The zero-order valence-corrected chi connectivity index (χ0v) is 16.0. The van der Waals surface area contributed by atoms with Crippen molar-refractivity contribution in [2.45, 2.75) is 101 Å². The molecule has 0 bridgehead atoms. The third-order valence-electron chi connectivity index (χ3n) is 5.27. The molecule has 27 heavy (non-hydrogen) atoms. The van der Waals surface area contributed by atoms with E-state index >= 15 is 0 Å². The molecule has 0 radical (unpaired) electrons. The van der Waals surface area contributed by atoms with Crippen molar-refractivity contribution < 1.29 is 39.5 Å². The van der Waals surface area contributed by atoms with Crippen LogP contribution in [0.5, 0.6) is 0 Å². The van der Waals surface area contributed by atoms with Gasteiger partial charge in [0.25, 0.3) is 0 Å². The zero-order valence-electron chi connectivity index (χ0n) is 16.0. The molecule has 1 aliphatic rings. The van der Waals surface area contributed by atoms with Gasteiger partial charge in [-0.25, -0.2) is 14.4 Å². The normalized spacial score (nSPS) is 27.5. The Hall–Kier alpha value is -1.67. The molecule has 3 atom stereocenters. The first-order chi connectivity index (χ1) is 12.7. The van der Waals surface area contributed by atoms with E-state index in [1.165, 1.54) is 38.5 Å². The summed E-state index contributed by atoms with van der Waals surface area (Å²) in [5.74, 6) is -5.22. The van der Waals surface area contributed by atoms with Crippen molar-refractivity contribution in [3.8, 4) is 0 Å². The molecule has 1 heterocycles. The lowest BCUT2D eigenvalue weighted by molar-refractivity contribution is -0.195. The Morgan fingerprint density at radius 2 is 1.33 bits per heavy atom. The van der Waals surface area contributed by atoms with E-state index in [2.05, 4.69) is 11.7 Å². The van der Waals surface area contributed by atoms with Gasteiger partial charge in [-0.1, -0.05) is 71.1 Å². The maximum atomic E-state index is 11.9. The molecule has 4 N–H and O–H groups in total. The highest BCUT2D eigenvalue weighted by Gasteiger charge is 2.73. The molecule has 0 aromatic rings. The van der Waals surface area contributed by atoms with Crippen LogP contribution >= 0.6 is 0 Å². The maximum absolute atomic E-state index is 11.9. The summed E-state index contributed by atoms with van der Waals surface area (Å²) in [5, 5.41) is 38.9. The fourth-order valence-corrected chi connectivity index (χ4v) is 3.52. The molecular weight excluding hydrogens is 356 g/mol. The molecule has 1 saturated heterocycles. The average molecular weight is 388 g/mol. The lowest BCUT2D eigenvalue weighted by Crippen LogP contribution is -2.64. The minimum atomic E-state index is -3.20. The zero-order chi connectivity index (χ0) is 20.5. The van der Waals surface area contributed by atoms with Gasteiger partial charge in [0, 0.05) is 0 Å². The van der Waals surface area contributed by atoms with Gasteiger partial charge in [0.15, 0.2) is 0 Å². The smallest absolute Gasteiger partial charge is 0.348 e. The van der Waals surface area contributed by atoms with Gasteiger partial charge < -0.3 is 25.2 Å². The fourth-order valence-electron chi connectivity index (χ4n) is 3.52. The number of carboxylic acids is 2. The molecular formula is C19H32O8. The van der Waals surface area contributed by atoms with Crippen LogP contribution in [0.15, 0.2) is 0 Å². The van der Waals surface area contributed by atoms with Crippen LogP contribution in [0.2, 0.25) is 0 Å². The number of cyclic esters (lactones) is 1. The van der Waals surface area contributed by atoms with Crippen molar-refractivity contribution in [3.63, 3.8) is 0 Å². The molecule has 8 heteroatoms. The summed E-state index contributed by atoms with van der Waals surface area (Å²) in [4.78, 5) is 34.4. The molecule has 1 aliphatic heterocycles. The second kappa shape index (κ2) is 10.6. The van der Waals surface area contributed by atoms with Crippen LogP contribution in [0.1, 0.15) is 84.0 Å². The predicted molar refractivity (Wildman–Crippen MR) is 96.1 cm³/mol. The van der Waals surface area contributed by atoms with E-state index in [0.717, 1.165) is 19.3 Å². The van der Waals surface area contributed by atoms with Crippen LogP contribution in [0, 0.1) is 0 Å². The van der Waals surface area contributed by atoms with Crippen LogP contribution in [0.25, 0.3) is 0 Å². The van der Waals surface area contributed by atoms with E-state index in [1.54, 1.807) is 0 Å². The first kappa shape index (κ1) is 23.4. The quantitative estimate of drug-likeness (QED) is 0.262. The molecule has 0 aromatic carbocycles. The van der Waals surface area contributed by atoms with Gasteiger partial charge in [-0.2, -0.15) is 0 Å². The van der Waals surface area contributed by atoms with Gasteiger partial charge in [0.05, 0.1) is 0 Å². The molecule has 0 saturated carbocycles. The Morgan fingerprint density at radius 3 is 1.74 bits per heavy atom. The fraction of sp³-hybridized carbons (Fsp3) is 0.842. The third-order valence-corrected chi connectivity index (χ3v) is 5.27. The second-order valence-electron chi connectivity index (χ2n) is 7.34. The number of esters is 1. The number of carboxylic acid groups (broad SMARTS) is 2. The molecule has 1 rings (SSSR count). The number of hydrogen-bond acceptors (Lipinski definition) is 6. The summed E-state index contributed by atoms with van der Waals surface area (Å²) >= 11 is 0. The monoisotopic (exact) mass is 388 g/mol. The largest absolute Gasteiger partial charge is 0.479 e. The van der Waals surface area contributed by atoms with E-state index in [-0.39, 0.29) is 12.8 Å². The first-order valence-corrected chi connectivity index (χ1v) is 9.83. The SMILES string of the molecule is CCCCCCCCCCCCCC1(O)C(=O)OC(C(=O)O)C1(O)C(=O)O. The van der Waals surface area contributed by atoms with Crippen LogP contribution in [-0.2, 0) is 19.1 Å². The van der Waals surface area contributed by atoms with E-state index in [9.17, 15) is 29.7 Å². The second-order valence-corrected chi connectivity index (χ2v) is 7.34. The molecule has 0 amide bonds. The number of hydrogen-bond donors (Lipinski definition) is 4. The number of rotatable bonds is 14. The van der Waals surface area contributed by atoms with Crippen molar-refractivity contribution in [3.05, 3.63) is 0 Å². The van der Waals surface area contributed by atoms with Gasteiger partial charge in [0.2, 0.25) is 17.3 Å². The maximum Gasteiger partial charge on any atom is 0.348 e. The Bertz CT molecular complexity index is 520. The summed E-state index contributed by atoms with van der Waals surface area (Å²) in [6.07, 6.45) is 8.58. The molecule has 156 valence electrons. The predicted octanol–water partition coefficient (Wildman–Crippen LogP) is 2.24. The Balaban J connectivity index is 2.39. The van der Waals surface area contributed by atoms with Crippen molar-refractivity contribution in [1.29, 1.82) is 0 Å². The lowest BCUT2D eigenvalue weighted by atomic mass is 9.77. The Kier molecular flexibility index (Phi) is 9.18. The van der Waals surface area contributed by atoms with Crippen molar-refractivity contribution in [2.24, 2.45) is 0 Å². The van der Waals surface area contributed by atoms with Crippen molar-refractivity contribution >= 4 is 17.9 Å². The number of aliphatic carboxylic acids is 2. The van der Waals surface area contributed by atoms with Gasteiger partial charge in [0.1, 0.15) is 0 Å². The third kappa shape index (κ3) is 5.42. The summed E-state index contributed by atoms with van der Waals surface area (Å²) in [5.41, 5.74) is -5.96. The molecule has 8 nitrogen and oxygen atoms in total. The lowest BCUT2D eigenvalue weighted by Gasteiger charge is -2.31. The van der Waals surface area contributed by atoms with E-state index in [0.29, 0.717) is 6.42 Å². The molecule has 1 fully saturated rings. The number of ether oxygens (including phenoxy) is 1. The average Bonchev–Trinajstić information content (AvgIpc) is 2.82. The molecule has 0 aromatic heterocycles. The molecule has 3 unspecified atom stereocenters. The number of carbonyl (C=O) groups excluding carboxylic acids is 1. The van der Waals surface area contributed by atoms with Gasteiger partial charge in [-0.3, -0.25) is 0 Å². The van der Waals surface area contributed by atoms with E-state index in [1.807, 2.05) is 0 Å². The summed E-state index contributed by atoms with van der Waals surface area (Å²) in [7, 11) is 0. The summed E-state index contributed by atoms with van der Waals surface area (Å²) < 4.78 is 4.45. The number of unbranched alkanes of at least 4 members (excludes halogenated alkanes) is 10. The van der Waals surface area contributed by atoms with Gasteiger partial charge in [-0.15, -0.1) is 0 Å². The molecule has 0 spiro atoms. The highest BCUT2D eigenvalue weighted by atomic mass is 16.6. The number of carbonyl (C=O) groups is 3. The Labute approximate surface area is 159 Å². The van der Waals surface area contributed by atoms with Crippen LogP contribution in [0.3, 0.4) is 0 Å². The molecule has 0 aliphatic carbocycles. The van der Waals surface area contributed by atoms with Crippen LogP contribution < -0.4 is 0 Å². The number of aliphatic hydroxyl groups is 2. The minimum absolute atomic E-state index is 0.282. The van der Waals surface area contributed by atoms with E-state index in [4.69, 9.17) is 5.11 Å². The minimum Gasteiger partial charge on any atom is -0.479 e. The van der Waals surface area contributed by atoms with E-state index < -0.39 is 35.2 Å². The highest BCUT2D eigenvalue weighted by molar-refractivity contribution is 6.01. The first-order valence-electron chi connectivity index (χ1n) is 9.83. The van der Waals surface area contributed by atoms with Gasteiger partial charge >= 0.3 is 17.9 Å². The van der Waals surface area contributed by atoms with Gasteiger partial charge in [-0.05, 0) is 12.8 Å². The van der Waals surface area contributed by atoms with Crippen molar-refractivity contribution in [2.75, 3.05) is 0 Å². The van der Waals surface area contributed by atoms with Crippen LogP contribution in [0.4, 0.5) is 0 Å². The standard InChI is InChI=1S/C19H32O8/c1-2-3-4-5-6-7-8-9-10-11-12-13-18(25)17(24)27-14(15(20)21)19(18,26)16(22)23/h14,25-26H,2-13H2,1H3,(H,20,21)(H,22,23). The van der Waals surface area contributed by atoms with Crippen LogP contribution in [-0.4, -0.2) is 55.6 Å². The topological polar surface area (TPSA) is 141 Å². The van der Waals surface area contributed by atoms with Crippen molar-refractivity contribution in [1.82, 2.24) is 0 Å².